The lowest BCUT2D eigenvalue weighted by atomic mass is 10.1. The first-order valence-corrected chi connectivity index (χ1v) is 4.29. The summed E-state index contributed by atoms with van der Waals surface area (Å²) >= 11 is 2.78. The summed E-state index contributed by atoms with van der Waals surface area (Å²) in [7, 11) is 0. The molecule has 0 aliphatic heterocycles. The minimum atomic E-state index is -3.04. The molecule has 15 heavy (non-hydrogen) atoms. The van der Waals surface area contributed by atoms with E-state index in [1.54, 1.807) is 0 Å². The lowest BCUT2D eigenvalue weighted by Crippen LogP contribution is -2.01. The molecular weight excluding hydrogens is 276 g/mol. The predicted molar refractivity (Wildman–Crippen MR) is 48.3 cm³/mol. The van der Waals surface area contributed by atoms with E-state index in [9.17, 15) is 18.9 Å². The number of nitrogens with zero attached hydrogens (tertiary/aromatic N) is 3. The van der Waals surface area contributed by atoms with Crippen LogP contribution < -0.4 is 0 Å². The Morgan fingerprint density at radius 1 is 1.67 bits per heavy atom. The number of pyridine rings is 1. The fourth-order valence-electron chi connectivity index (χ4n) is 0.949. The van der Waals surface area contributed by atoms with Gasteiger partial charge in [0.25, 0.3) is 12.1 Å². The van der Waals surface area contributed by atoms with Crippen molar-refractivity contribution in [3.63, 3.8) is 0 Å². The molecule has 0 bridgehead atoms. The van der Waals surface area contributed by atoms with Gasteiger partial charge in [0.05, 0.1) is 4.92 Å². The standard InChI is InChI=1S/C7H2BrF2N3O2/c8-6-3(1-11)5(13(14)15)4(2-12-6)7(9)10/h2,7H. The smallest absolute Gasteiger partial charge is 0.258 e. The Balaban J connectivity index is 3.58. The van der Waals surface area contributed by atoms with Crippen LogP contribution in [0.15, 0.2) is 10.8 Å². The van der Waals surface area contributed by atoms with Crippen molar-refractivity contribution in [1.29, 1.82) is 5.26 Å². The molecule has 1 heterocycles. The van der Waals surface area contributed by atoms with Gasteiger partial charge in [-0.25, -0.2) is 13.8 Å². The summed E-state index contributed by atoms with van der Waals surface area (Å²) in [5.41, 5.74) is -2.27. The summed E-state index contributed by atoms with van der Waals surface area (Å²) in [6.07, 6.45) is -2.37. The Bertz CT molecular complexity index is 458. The van der Waals surface area contributed by atoms with Gasteiger partial charge in [0.1, 0.15) is 16.2 Å². The van der Waals surface area contributed by atoms with Crippen LogP contribution in [0.4, 0.5) is 14.5 Å². The summed E-state index contributed by atoms with van der Waals surface area (Å²) in [6, 6.07) is 1.46. The second-order valence-electron chi connectivity index (χ2n) is 2.40. The quantitative estimate of drug-likeness (QED) is 0.473. The molecule has 0 aliphatic carbocycles. The van der Waals surface area contributed by atoms with Crippen molar-refractivity contribution in [3.05, 3.63) is 32.0 Å². The molecule has 0 aromatic carbocycles. The Morgan fingerprint density at radius 2 is 2.27 bits per heavy atom. The normalized spacial score (nSPS) is 10.1. The number of rotatable bonds is 2. The third-order valence-electron chi connectivity index (χ3n) is 1.56. The van der Waals surface area contributed by atoms with Gasteiger partial charge in [-0.15, -0.1) is 0 Å². The van der Waals surface area contributed by atoms with Crippen LogP contribution in [0.2, 0.25) is 0 Å². The first-order chi connectivity index (χ1) is 6.99. The van der Waals surface area contributed by atoms with Gasteiger partial charge in [-0.1, -0.05) is 0 Å². The van der Waals surface area contributed by atoms with E-state index in [1.807, 2.05) is 0 Å². The van der Waals surface area contributed by atoms with Gasteiger partial charge in [-0.05, 0) is 15.9 Å². The van der Waals surface area contributed by atoms with E-state index in [2.05, 4.69) is 20.9 Å². The summed E-state index contributed by atoms with van der Waals surface area (Å²) in [6.45, 7) is 0. The van der Waals surface area contributed by atoms with Crippen molar-refractivity contribution in [2.24, 2.45) is 0 Å². The number of hydrogen-bond donors (Lipinski definition) is 0. The molecule has 0 unspecified atom stereocenters. The van der Waals surface area contributed by atoms with Crippen molar-refractivity contribution in [2.75, 3.05) is 0 Å². The van der Waals surface area contributed by atoms with Gasteiger partial charge in [0, 0.05) is 6.20 Å². The topological polar surface area (TPSA) is 79.8 Å². The largest absolute Gasteiger partial charge is 0.300 e. The monoisotopic (exact) mass is 277 g/mol. The Kier molecular flexibility index (Phi) is 3.26. The molecule has 0 N–H and O–H groups in total. The van der Waals surface area contributed by atoms with E-state index in [1.165, 1.54) is 6.07 Å². The fraction of sp³-hybridized carbons (Fsp3) is 0.143. The molecule has 5 nitrogen and oxygen atoms in total. The number of alkyl halides is 2. The molecule has 0 atom stereocenters. The molecular formula is C7H2BrF2N3O2. The fourth-order valence-corrected chi connectivity index (χ4v) is 1.33. The maximum absolute atomic E-state index is 12.4. The van der Waals surface area contributed by atoms with Gasteiger partial charge in [0.15, 0.2) is 5.56 Å². The van der Waals surface area contributed by atoms with Gasteiger partial charge in [0.2, 0.25) is 0 Å². The third-order valence-corrected chi connectivity index (χ3v) is 2.16. The number of nitriles is 1. The number of halogens is 3. The van der Waals surface area contributed by atoms with E-state index in [0.29, 0.717) is 6.20 Å². The summed E-state index contributed by atoms with van der Waals surface area (Å²) in [5.74, 6) is 0. The SMILES string of the molecule is N#Cc1c(Br)ncc(C(F)F)c1[N+](=O)[O-]. The van der Waals surface area contributed by atoms with E-state index in [4.69, 9.17) is 5.26 Å². The van der Waals surface area contributed by atoms with Gasteiger partial charge in [-0.3, -0.25) is 10.1 Å². The minimum absolute atomic E-state index is 0.124. The Labute approximate surface area is 90.6 Å². The van der Waals surface area contributed by atoms with E-state index < -0.39 is 28.2 Å². The highest BCUT2D eigenvalue weighted by atomic mass is 79.9. The molecule has 0 spiro atoms. The van der Waals surface area contributed by atoms with Gasteiger partial charge < -0.3 is 0 Å². The molecule has 1 rings (SSSR count). The van der Waals surface area contributed by atoms with Crippen LogP contribution in [0.5, 0.6) is 0 Å². The van der Waals surface area contributed by atoms with Gasteiger partial charge in [-0.2, -0.15) is 5.26 Å². The number of hydrogen-bond acceptors (Lipinski definition) is 4. The van der Waals surface area contributed by atoms with Crippen molar-refractivity contribution in [3.8, 4) is 6.07 Å². The lowest BCUT2D eigenvalue weighted by Gasteiger charge is -2.03. The summed E-state index contributed by atoms with van der Waals surface area (Å²) < 4.78 is 24.6. The first-order valence-electron chi connectivity index (χ1n) is 3.50. The third kappa shape index (κ3) is 2.07. The molecule has 0 aliphatic rings. The Morgan fingerprint density at radius 3 is 2.67 bits per heavy atom. The van der Waals surface area contributed by atoms with Crippen LogP contribution in [0.25, 0.3) is 0 Å². The van der Waals surface area contributed by atoms with Crippen LogP contribution in [0, 0.1) is 21.4 Å². The highest BCUT2D eigenvalue weighted by Crippen LogP contribution is 2.33. The highest BCUT2D eigenvalue weighted by molar-refractivity contribution is 9.10. The maximum Gasteiger partial charge on any atom is 0.300 e. The zero-order valence-corrected chi connectivity index (χ0v) is 8.53. The van der Waals surface area contributed by atoms with Crippen LogP contribution in [0.1, 0.15) is 17.6 Å². The van der Waals surface area contributed by atoms with E-state index >= 15 is 0 Å². The van der Waals surface area contributed by atoms with Crippen LogP contribution in [-0.2, 0) is 0 Å². The molecule has 0 radical (unpaired) electrons. The second-order valence-corrected chi connectivity index (χ2v) is 3.15. The van der Waals surface area contributed by atoms with E-state index in [-0.39, 0.29) is 4.60 Å². The average molecular weight is 278 g/mol. The number of aromatic nitrogens is 1. The van der Waals surface area contributed by atoms with Crippen molar-refractivity contribution in [1.82, 2.24) is 4.98 Å². The highest BCUT2D eigenvalue weighted by Gasteiger charge is 2.28. The van der Waals surface area contributed by atoms with Crippen molar-refractivity contribution in [2.45, 2.75) is 6.43 Å². The number of nitro groups is 1. The average Bonchev–Trinajstić information content (AvgIpc) is 2.16. The zero-order chi connectivity index (χ0) is 11.6. The molecule has 1 aromatic heterocycles. The molecule has 1 aromatic rings. The molecule has 0 saturated carbocycles. The van der Waals surface area contributed by atoms with Crippen LogP contribution in [0.3, 0.4) is 0 Å². The van der Waals surface area contributed by atoms with E-state index in [0.717, 1.165) is 0 Å². The van der Waals surface area contributed by atoms with Crippen LogP contribution >= 0.6 is 15.9 Å². The molecule has 0 saturated heterocycles. The second kappa shape index (κ2) is 4.27. The molecule has 8 heteroatoms. The molecule has 0 fully saturated rings. The van der Waals surface area contributed by atoms with Crippen molar-refractivity contribution < 1.29 is 13.7 Å². The lowest BCUT2D eigenvalue weighted by molar-refractivity contribution is -0.386. The zero-order valence-electron chi connectivity index (χ0n) is 6.95. The van der Waals surface area contributed by atoms with Crippen LogP contribution in [-0.4, -0.2) is 9.91 Å². The van der Waals surface area contributed by atoms with Crippen molar-refractivity contribution >= 4 is 21.6 Å². The Hall–Kier alpha value is -1.62. The summed E-state index contributed by atoms with van der Waals surface area (Å²) in [5, 5.41) is 19.1. The molecule has 0 amide bonds. The summed E-state index contributed by atoms with van der Waals surface area (Å²) in [4.78, 5) is 12.9. The molecule has 78 valence electrons. The van der Waals surface area contributed by atoms with Gasteiger partial charge >= 0.3 is 0 Å². The maximum atomic E-state index is 12.4. The minimum Gasteiger partial charge on any atom is -0.258 e. The predicted octanol–water partition coefficient (Wildman–Crippen LogP) is 2.56. The first kappa shape index (κ1) is 11.5.